The monoisotopic (exact) mass is 641 g/mol. The summed E-state index contributed by atoms with van der Waals surface area (Å²) in [7, 11) is 0. The average molecular weight is 641 g/mol. The second kappa shape index (κ2) is 34.6. The molecule has 0 saturated carbocycles. The van der Waals surface area contributed by atoms with Crippen LogP contribution in [-0.4, -0.2) is 18.3 Å². The van der Waals surface area contributed by atoms with E-state index in [2.05, 4.69) is 38.2 Å². The number of benzene rings is 1. The van der Waals surface area contributed by atoms with Gasteiger partial charge in [-0.15, -0.1) is 0 Å². The van der Waals surface area contributed by atoms with Crippen LogP contribution in [0.5, 0.6) is 11.5 Å². The average Bonchev–Trinajstić information content (AvgIpc) is 3.07. The molecule has 3 heteroatoms. The zero-order valence-electron chi connectivity index (χ0n) is 30.7. The lowest BCUT2D eigenvalue weighted by atomic mass is 10.1. The molecular formula is C43H76O3. The van der Waals surface area contributed by atoms with Crippen LogP contribution in [-0.2, 0) is 6.61 Å². The maximum Gasteiger partial charge on any atom is 0.161 e. The Morgan fingerprint density at radius 1 is 0.435 bits per heavy atom. The molecule has 0 bridgehead atoms. The topological polar surface area (TPSA) is 38.7 Å². The van der Waals surface area contributed by atoms with Crippen molar-refractivity contribution in [2.75, 3.05) is 13.2 Å². The fourth-order valence-electron chi connectivity index (χ4n) is 5.95. The summed E-state index contributed by atoms with van der Waals surface area (Å²) in [6.45, 7) is 6.03. The van der Waals surface area contributed by atoms with Gasteiger partial charge in [-0.3, -0.25) is 0 Å². The lowest BCUT2D eigenvalue weighted by Crippen LogP contribution is -2.03. The van der Waals surface area contributed by atoms with Gasteiger partial charge in [-0.25, -0.2) is 0 Å². The van der Waals surface area contributed by atoms with Gasteiger partial charge in [0, 0.05) is 0 Å². The van der Waals surface area contributed by atoms with Crippen LogP contribution < -0.4 is 9.47 Å². The number of allylic oxidation sites excluding steroid dienone is 4. The second-order valence-corrected chi connectivity index (χ2v) is 13.5. The number of ether oxygens (including phenoxy) is 2. The van der Waals surface area contributed by atoms with Gasteiger partial charge >= 0.3 is 0 Å². The van der Waals surface area contributed by atoms with E-state index < -0.39 is 0 Å². The fourth-order valence-corrected chi connectivity index (χ4v) is 5.95. The Kier molecular flexibility index (Phi) is 31.8. The molecule has 0 amide bonds. The van der Waals surface area contributed by atoms with Crippen molar-refractivity contribution in [1.29, 1.82) is 0 Å². The van der Waals surface area contributed by atoms with Crippen LogP contribution in [0.3, 0.4) is 0 Å². The summed E-state index contributed by atoms with van der Waals surface area (Å²) >= 11 is 0. The first-order valence-corrected chi connectivity index (χ1v) is 20.1. The van der Waals surface area contributed by atoms with Crippen molar-refractivity contribution in [3.05, 3.63) is 48.1 Å². The quantitative estimate of drug-likeness (QED) is 0.0592. The maximum atomic E-state index is 9.60. The minimum atomic E-state index is 0.0276. The van der Waals surface area contributed by atoms with E-state index in [4.69, 9.17) is 9.47 Å². The first-order valence-electron chi connectivity index (χ1n) is 20.1. The largest absolute Gasteiger partial charge is 0.490 e. The molecule has 1 N–H and O–H groups in total. The summed E-state index contributed by atoms with van der Waals surface area (Å²) in [6, 6.07) is 5.84. The summed E-state index contributed by atoms with van der Waals surface area (Å²) in [5, 5.41) is 9.60. The third-order valence-electron chi connectivity index (χ3n) is 9.02. The summed E-state index contributed by atoms with van der Waals surface area (Å²) in [6.07, 6.45) is 46.3. The Morgan fingerprint density at radius 2 is 0.783 bits per heavy atom. The van der Waals surface area contributed by atoms with E-state index in [1.165, 1.54) is 167 Å². The van der Waals surface area contributed by atoms with Crippen LogP contribution in [0.25, 0.3) is 0 Å². The molecule has 3 nitrogen and oxygen atoms in total. The first-order chi connectivity index (χ1) is 22.8. The second-order valence-electron chi connectivity index (χ2n) is 13.5. The molecule has 1 aromatic carbocycles. The van der Waals surface area contributed by atoms with E-state index in [9.17, 15) is 5.11 Å². The smallest absolute Gasteiger partial charge is 0.161 e. The highest BCUT2D eigenvalue weighted by Gasteiger charge is 2.07. The van der Waals surface area contributed by atoms with Crippen LogP contribution in [0.4, 0.5) is 0 Å². The number of aliphatic hydroxyl groups is 1. The summed E-state index contributed by atoms with van der Waals surface area (Å²) in [5.74, 6) is 1.60. The van der Waals surface area contributed by atoms with Crippen molar-refractivity contribution in [2.24, 2.45) is 0 Å². The number of unbranched alkanes of at least 4 members (excludes halogenated alkanes) is 24. The summed E-state index contributed by atoms with van der Waals surface area (Å²) < 4.78 is 12.2. The van der Waals surface area contributed by atoms with Gasteiger partial charge in [0.1, 0.15) is 0 Å². The van der Waals surface area contributed by atoms with Crippen LogP contribution >= 0.6 is 0 Å². The molecule has 0 atom stereocenters. The molecule has 0 fully saturated rings. The molecular weight excluding hydrogens is 564 g/mol. The summed E-state index contributed by atoms with van der Waals surface area (Å²) in [4.78, 5) is 0. The third kappa shape index (κ3) is 27.4. The van der Waals surface area contributed by atoms with Gasteiger partial charge < -0.3 is 14.6 Å². The van der Waals surface area contributed by atoms with E-state index in [1.54, 1.807) is 0 Å². The Morgan fingerprint density at radius 3 is 1.17 bits per heavy atom. The van der Waals surface area contributed by atoms with Crippen LogP contribution in [0.2, 0.25) is 0 Å². The van der Waals surface area contributed by atoms with E-state index in [1.807, 2.05) is 18.2 Å². The lowest BCUT2D eigenvalue weighted by molar-refractivity contribution is 0.254. The molecule has 0 spiro atoms. The molecule has 46 heavy (non-hydrogen) atoms. The van der Waals surface area contributed by atoms with Crippen molar-refractivity contribution in [1.82, 2.24) is 0 Å². The normalized spacial score (nSPS) is 11.7. The van der Waals surface area contributed by atoms with E-state index >= 15 is 0 Å². The lowest BCUT2D eigenvalue weighted by Gasteiger charge is -2.14. The molecule has 1 rings (SSSR count). The number of hydrogen-bond acceptors (Lipinski definition) is 3. The Hall–Kier alpha value is -1.74. The fraction of sp³-hybridized carbons (Fsp3) is 0.767. The van der Waals surface area contributed by atoms with Gasteiger partial charge in [-0.1, -0.05) is 160 Å². The molecule has 0 aliphatic rings. The molecule has 0 aliphatic heterocycles. The van der Waals surface area contributed by atoms with Crippen molar-refractivity contribution < 1.29 is 14.6 Å². The highest BCUT2D eigenvalue weighted by molar-refractivity contribution is 5.42. The van der Waals surface area contributed by atoms with Gasteiger partial charge in [0.05, 0.1) is 19.8 Å². The molecule has 0 aromatic heterocycles. The molecule has 0 unspecified atom stereocenters. The van der Waals surface area contributed by atoms with Crippen LogP contribution in [0, 0.1) is 0 Å². The molecule has 0 aliphatic carbocycles. The van der Waals surface area contributed by atoms with E-state index in [0.29, 0.717) is 6.61 Å². The zero-order chi connectivity index (χ0) is 33.0. The SMILES string of the molecule is CCCCCCCC/C=C\CCCCCCCCOc1ccc(CO)cc1OCCCCCCCC/C=C\CCCCCCCC. The Bertz CT molecular complexity index is 814. The first kappa shape index (κ1) is 42.3. The zero-order valence-corrected chi connectivity index (χ0v) is 30.7. The van der Waals surface area contributed by atoms with Crippen molar-refractivity contribution in [3.63, 3.8) is 0 Å². The molecule has 0 saturated heterocycles. The Balaban J connectivity index is 2.03. The van der Waals surface area contributed by atoms with Gasteiger partial charge in [-0.05, 0) is 81.9 Å². The molecule has 0 heterocycles. The minimum absolute atomic E-state index is 0.0276. The third-order valence-corrected chi connectivity index (χ3v) is 9.02. The highest BCUT2D eigenvalue weighted by atomic mass is 16.5. The Labute approximate surface area is 287 Å². The van der Waals surface area contributed by atoms with Crippen molar-refractivity contribution >= 4 is 0 Å². The number of hydrogen-bond donors (Lipinski definition) is 1. The van der Waals surface area contributed by atoms with Crippen molar-refractivity contribution in [3.8, 4) is 11.5 Å². The molecule has 1 aromatic rings. The van der Waals surface area contributed by atoms with Crippen molar-refractivity contribution in [2.45, 2.75) is 200 Å². The van der Waals surface area contributed by atoms with Gasteiger partial charge in [0.2, 0.25) is 0 Å². The van der Waals surface area contributed by atoms with E-state index in [-0.39, 0.29) is 6.61 Å². The van der Waals surface area contributed by atoms with Crippen LogP contribution in [0.1, 0.15) is 199 Å². The molecule has 266 valence electrons. The van der Waals surface area contributed by atoms with Crippen LogP contribution in [0.15, 0.2) is 42.5 Å². The minimum Gasteiger partial charge on any atom is -0.490 e. The highest BCUT2D eigenvalue weighted by Crippen LogP contribution is 2.29. The predicted octanol–water partition coefficient (Wildman–Crippen LogP) is 14.0. The van der Waals surface area contributed by atoms with Gasteiger partial charge in [-0.2, -0.15) is 0 Å². The standard InChI is InChI=1S/C43H76O3/c1-3-5-7-9-11-13-15-17-19-21-23-25-27-29-31-33-37-45-42-36-35-41(40-44)39-43(42)46-38-34-32-30-28-26-24-22-20-18-16-14-12-10-8-6-4-2/h17-20,35-36,39,44H,3-16,21-34,37-38,40H2,1-2H3/b19-17-,20-18-. The molecule has 0 radical (unpaired) electrons. The maximum absolute atomic E-state index is 9.60. The number of aliphatic hydroxyl groups excluding tert-OH is 1. The summed E-state index contributed by atoms with van der Waals surface area (Å²) in [5.41, 5.74) is 0.876. The van der Waals surface area contributed by atoms with E-state index in [0.717, 1.165) is 36.5 Å². The number of rotatable bonds is 35. The van der Waals surface area contributed by atoms with Gasteiger partial charge in [0.25, 0.3) is 0 Å². The predicted molar refractivity (Wildman–Crippen MR) is 202 cm³/mol. The van der Waals surface area contributed by atoms with Gasteiger partial charge in [0.15, 0.2) is 11.5 Å².